The average Bonchev–Trinajstić information content (AvgIpc) is 2.70. The van der Waals surface area contributed by atoms with Gasteiger partial charge in [0, 0.05) is 17.6 Å². The molecule has 0 aliphatic rings. The monoisotopic (exact) mass is 438 g/mol. The van der Waals surface area contributed by atoms with Crippen LogP contribution in [0.5, 0.6) is 0 Å². The van der Waals surface area contributed by atoms with E-state index < -0.39 is 10.0 Å². The number of sulfonamides is 1. The fourth-order valence-corrected chi connectivity index (χ4v) is 3.95. The molecule has 1 atom stereocenters. The number of carbonyl (C=O) groups is 1. The van der Waals surface area contributed by atoms with Crippen LogP contribution in [0.25, 0.3) is 0 Å². The van der Waals surface area contributed by atoms with Gasteiger partial charge in [0.15, 0.2) is 0 Å². The molecule has 0 saturated heterocycles. The molecule has 0 spiro atoms. The summed E-state index contributed by atoms with van der Waals surface area (Å²) in [6.07, 6.45) is 1.69. The van der Waals surface area contributed by atoms with E-state index in [1.807, 2.05) is 12.1 Å². The van der Waals surface area contributed by atoms with Gasteiger partial charge >= 0.3 is 0 Å². The molecular weight excluding hydrogens is 412 g/mol. The first-order valence-electron chi connectivity index (χ1n) is 9.34. The van der Waals surface area contributed by atoms with E-state index in [9.17, 15) is 13.2 Å². The van der Waals surface area contributed by atoms with Gasteiger partial charge in [-0.25, -0.2) is 8.42 Å². The van der Waals surface area contributed by atoms with Crippen LogP contribution in [0, 0.1) is 5.92 Å². The minimum atomic E-state index is -3.84. The molecule has 0 heterocycles. The summed E-state index contributed by atoms with van der Waals surface area (Å²) in [4.78, 5) is 17.7. The topological polar surface area (TPSA) is 75.7 Å². The highest BCUT2D eigenvalue weighted by Crippen LogP contribution is 2.24. The maximum atomic E-state index is 12.9. The molecule has 0 aliphatic carbocycles. The predicted molar refractivity (Wildman–Crippen MR) is 114 cm³/mol. The molecule has 0 saturated carbocycles. The second-order valence-corrected chi connectivity index (χ2v) is 9.55. The number of nitrogens with zero attached hydrogens (tertiary/aromatic N) is 1. The van der Waals surface area contributed by atoms with Crippen molar-refractivity contribution in [2.75, 3.05) is 14.2 Å². The number of hydroxylamine groups is 1. The highest BCUT2D eigenvalue weighted by molar-refractivity contribution is 7.89. The number of benzene rings is 2. The number of nitrogens with one attached hydrogen (secondary N) is 1. The van der Waals surface area contributed by atoms with E-state index >= 15 is 0 Å². The standard InChI is InChI=1S/C21H27ClN2O4S/c1-15(2)8-13-20(16-9-11-18(22)12-10-16)23-21(25)17-6-5-7-19(14-17)29(26,27)24(3)28-4/h5-7,9-12,14-15,20H,8,13H2,1-4H3,(H,23,25). The molecule has 0 fully saturated rings. The second kappa shape index (κ2) is 10.2. The highest BCUT2D eigenvalue weighted by Gasteiger charge is 2.23. The van der Waals surface area contributed by atoms with Crippen molar-refractivity contribution in [2.45, 2.75) is 37.6 Å². The van der Waals surface area contributed by atoms with Crippen molar-refractivity contribution in [3.63, 3.8) is 0 Å². The van der Waals surface area contributed by atoms with E-state index in [4.69, 9.17) is 16.4 Å². The Labute approximate surface area is 177 Å². The van der Waals surface area contributed by atoms with Crippen LogP contribution in [0.3, 0.4) is 0 Å². The molecule has 0 radical (unpaired) electrons. The van der Waals surface area contributed by atoms with Crippen LogP contribution < -0.4 is 5.32 Å². The van der Waals surface area contributed by atoms with Crippen LogP contribution in [-0.4, -0.2) is 33.0 Å². The van der Waals surface area contributed by atoms with E-state index in [2.05, 4.69) is 19.2 Å². The SMILES string of the molecule is CON(C)S(=O)(=O)c1cccc(C(=O)NC(CCC(C)C)c2ccc(Cl)cc2)c1. The van der Waals surface area contributed by atoms with Gasteiger partial charge in [0.2, 0.25) is 0 Å². The Balaban J connectivity index is 2.27. The maximum Gasteiger partial charge on any atom is 0.264 e. The minimum absolute atomic E-state index is 0.0141. The zero-order chi connectivity index (χ0) is 21.6. The Morgan fingerprint density at radius 1 is 1.14 bits per heavy atom. The Bertz CT molecular complexity index is 930. The van der Waals surface area contributed by atoms with Crippen LogP contribution in [0.15, 0.2) is 53.4 Å². The maximum absolute atomic E-state index is 12.9. The zero-order valence-electron chi connectivity index (χ0n) is 17.1. The molecule has 2 aromatic carbocycles. The van der Waals surface area contributed by atoms with Gasteiger partial charge in [-0.2, -0.15) is 0 Å². The first-order chi connectivity index (χ1) is 13.6. The lowest BCUT2D eigenvalue weighted by Gasteiger charge is -2.21. The molecular formula is C21H27ClN2O4S. The van der Waals surface area contributed by atoms with Crippen molar-refractivity contribution >= 4 is 27.5 Å². The molecule has 1 amide bonds. The number of amides is 1. The number of hydrogen-bond acceptors (Lipinski definition) is 4. The van der Waals surface area contributed by atoms with Gasteiger partial charge in [0.05, 0.1) is 18.0 Å². The third-order valence-corrected chi connectivity index (χ3v) is 6.53. The lowest BCUT2D eigenvalue weighted by Crippen LogP contribution is -2.29. The molecule has 2 aromatic rings. The molecule has 0 bridgehead atoms. The number of rotatable bonds is 9. The molecule has 29 heavy (non-hydrogen) atoms. The van der Waals surface area contributed by atoms with Crippen LogP contribution in [0.2, 0.25) is 5.02 Å². The summed E-state index contributed by atoms with van der Waals surface area (Å²) in [6, 6.07) is 13.1. The Morgan fingerprint density at radius 3 is 2.38 bits per heavy atom. The summed E-state index contributed by atoms with van der Waals surface area (Å²) in [5.74, 6) is 0.144. The van der Waals surface area contributed by atoms with E-state index in [1.165, 1.54) is 32.4 Å². The molecule has 2 rings (SSSR count). The van der Waals surface area contributed by atoms with Gasteiger partial charge in [0.25, 0.3) is 15.9 Å². The largest absolute Gasteiger partial charge is 0.345 e. The summed E-state index contributed by atoms with van der Waals surface area (Å²) in [7, 11) is -1.28. The highest BCUT2D eigenvalue weighted by atomic mass is 35.5. The van der Waals surface area contributed by atoms with Gasteiger partial charge in [0.1, 0.15) is 0 Å². The molecule has 158 valence electrons. The van der Waals surface area contributed by atoms with Crippen molar-refractivity contribution in [1.29, 1.82) is 0 Å². The normalized spacial score (nSPS) is 12.9. The van der Waals surface area contributed by atoms with Crippen molar-refractivity contribution in [3.05, 3.63) is 64.7 Å². The van der Waals surface area contributed by atoms with Gasteiger partial charge < -0.3 is 5.32 Å². The lowest BCUT2D eigenvalue weighted by molar-refractivity contribution is -0.0258. The van der Waals surface area contributed by atoms with Gasteiger partial charge in [-0.05, 0) is 54.7 Å². The van der Waals surface area contributed by atoms with Crippen LogP contribution in [0.4, 0.5) is 0 Å². The van der Waals surface area contributed by atoms with Crippen molar-refractivity contribution < 1.29 is 18.0 Å². The Morgan fingerprint density at radius 2 is 1.79 bits per heavy atom. The van der Waals surface area contributed by atoms with Gasteiger partial charge in [-0.1, -0.05) is 48.1 Å². The van der Waals surface area contributed by atoms with Gasteiger partial charge in [-0.3, -0.25) is 9.63 Å². The Hall–Kier alpha value is -1.93. The van der Waals surface area contributed by atoms with E-state index in [1.54, 1.807) is 18.2 Å². The fraction of sp³-hybridized carbons (Fsp3) is 0.381. The second-order valence-electron chi connectivity index (χ2n) is 7.17. The molecule has 1 N–H and O–H groups in total. The predicted octanol–water partition coefficient (Wildman–Crippen LogP) is 4.43. The van der Waals surface area contributed by atoms with E-state index in [0.29, 0.717) is 10.9 Å². The number of carbonyl (C=O) groups excluding carboxylic acids is 1. The lowest BCUT2D eigenvalue weighted by atomic mass is 9.97. The summed E-state index contributed by atoms with van der Waals surface area (Å²) in [5.41, 5.74) is 1.21. The van der Waals surface area contributed by atoms with Crippen molar-refractivity contribution in [3.8, 4) is 0 Å². The summed E-state index contributed by atoms with van der Waals surface area (Å²) in [5, 5.41) is 3.65. The third-order valence-electron chi connectivity index (χ3n) is 4.60. The number of halogens is 1. The summed E-state index contributed by atoms with van der Waals surface area (Å²) >= 11 is 5.98. The van der Waals surface area contributed by atoms with Crippen molar-refractivity contribution in [2.24, 2.45) is 5.92 Å². The fourth-order valence-electron chi connectivity index (χ4n) is 2.80. The summed E-state index contributed by atoms with van der Waals surface area (Å²) in [6.45, 7) is 4.25. The molecule has 0 aliphatic heterocycles. The molecule has 6 nitrogen and oxygen atoms in total. The Kier molecular flexibility index (Phi) is 8.22. The third kappa shape index (κ3) is 6.27. The first-order valence-corrected chi connectivity index (χ1v) is 11.2. The van der Waals surface area contributed by atoms with E-state index in [0.717, 1.165) is 22.9 Å². The van der Waals surface area contributed by atoms with E-state index in [-0.39, 0.29) is 22.4 Å². The minimum Gasteiger partial charge on any atom is -0.345 e. The molecule has 1 unspecified atom stereocenters. The molecule has 0 aromatic heterocycles. The van der Waals surface area contributed by atoms with Crippen LogP contribution in [-0.2, 0) is 14.9 Å². The quantitative estimate of drug-likeness (QED) is 0.587. The summed E-state index contributed by atoms with van der Waals surface area (Å²) < 4.78 is 25.6. The first kappa shape index (κ1) is 23.3. The number of hydrogen-bond donors (Lipinski definition) is 1. The van der Waals surface area contributed by atoms with Crippen molar-refractivity contribution in [1.82, 2.24) is 9.79 Å². The van der Waals surface area contributed by atoms with Gasteiger partial charge in [-0.15, -0.1) is 0 Å². The smallest absolute Gasteiger partial charge is 0.264 e. The molecule has 8 heteroatoms. The zero-order valence-corrected chi connectivity index (χ0v) is 18.6. The average molecular weight is 439 g/mol. The van der Waals surface area contributed by atoms with Crippen LogP contribution >= 0.6 is 11.6 Å². The van der Waals surface area contributed by atoms with Crippen LogP contribution in [0.1, 0.15) is 48.7 Å².